The number of carbonyl (C=O) groups is 2. The van der Waals surface area contributed by atoms with Crippen LogP contribution in [0.5, 0.6) is 0 Å². The Morgan fingerprint density at radius 1 is 1.48 bits per heavy atom. The molecule has 8 nitrogen and oxygen atoms in total. The number of nitrogens with zero attached hydrogens (tertiary/aromatic N) is 3. The topological polar surface area (TPSA) is 103 Å². The Labute approximate surface area is 137 Å². The summed E-state index contributed by atoms with van der Waals surface area (Å²) < 4.78 is 0. The van der Waals surface area contributed by atoms with Crippen LogP contribution < -0.4 is 10.6 Å². The molecule has 1 fully saturated rings. The summed E-state index contributed by atoms with van der Waals surface area (Å²) in [6, 6.07) is -0.186. The number of anilines is 1. The number of aromatic amines is 1. The van der Waals surface area contributed by atoms with E-state index in [9.17, 15) is 9.59 Å². The third-order valence-corrected chi connectivity index (χ3v) is 4.43. The fourth-order valence-electron chi connectivity index (χ4n) is 2.65. The molecule has 0 aromatic carbocycles. The average Bonchev–Trinajstić information content (AvgIpc) is 3.17. The van der Waals surface area contributed by atoms with Crippen molar-refractivity contribution in [2.45, 2.75) is 25.8 Å². The number of likely N-dealkylation sites (tertiary alicyclic amines) is 1. The van der Waals surface area contributed by atoms with Crippen LogP contribution in [0.2, 0.25) is 0 Å². The van der Waals surface area contributed by atoms with Gasteiger partial charge in [0.1, 0.15) is 10.7 Å². The molecule has 0 saturated carbocycles. The van der Waals surface area contributed by atoms with Gasteiger partial charge in [0.15, 0.2) is 0 Å². The second-order valence-electron chi connectivity index (χ2n) is 5.41. The Kier molecular flexibility index (Phi) is 4.56. The number of urea groups is 1. The summed E-state index contributed by atoms with van der Waals surface area (Å²) in [7, 11) is 0. The predicted octanol–water partition coefficient (Wildman–Crippen LogP) is 1.67. The summed E-state index contributed by atoms with van der Waals surface area (Å²) in [5.41, 5.74) is 1.30. The van der Waals surface area contributed by atoms with Gasteiger partial charge >= 0.3 is 6.03 Å². The maximum Gasteiger partial charge on any atom is 0.322 e. The molecule has 3 rings (SSSR count). The number of hydrogen-bond acceptors (Lipinski definition) is 5. The predicted molar refractivity (Wildman–Crippen MR) is 87.1 cm³/mol. The average molecular weight is 334 g/mol. The fraction of sp³-hybridized carbons (Fsp3) is 0.429. The second-order valence-corrected chi connectivity index (χ2v) is 6.31. The molecule has 2 aromatic rings. The number of carbonyl (C=O) groups excluding carboxylic acids is 2. The molecular formula is C14H18N6O2S. The molecule has 1 unspecified atom stereocenters. The van der Waals surface area contributed by atoms with E-state index in [1.54, 1.807) is 17.3 Å². The molecule has 9 heteroatoms. The van der Waals surface area contributed by atoms with Gasteiger partial charge in [0.05, 0.1) is 11.9 Å². The standard InChI is InChI=1S/C14H18N6O2S/c1-9(21)17-10-3-2-5-20(8-10)14(22)18-11-7-16-19-12(11)13-15-4-6-23-13/h4,6-7,10H,2-3,5,8H2,1H3,(H,16,19)(H,17,21)(H,18,22). The Hall–Kier alpha value is -2.42. The quantitative estimate of drug-likeness (QED) is 0.794. The van der Waals surface area contributed by atoms with Gasteiger partial charge in [-0.15, -0.1) is 11.3 Å². The van der Waals surface area contributed by atoms with E-state index in [1.807, 2.05) is 5.38 Å². The highest BCUT2D eigenvalue weighted by Crippen LogP contribution is 2.27. The molecule has 0 spiro atoms. The number of hydrogen-bond donors (Lipinski definition) is 3. The number of nitrogens with one attached hydrogen (secondary N) is 3. The van der Waals surface area contributed by atoms with E-state index in [-0.39, 0.29) is 18.0 Å². The van der Waals surface area contributed by atoms with Gasteiger partial charge in [0.2, 0.25) is 5.91 Å². The second kappa shape index (κ2) is 6.78. The molecule has 122 valence electrons. The molecule has 1 saturated heterocycles. The lowest BCUT2D eigenvalue weighted by Gasteiger charge is -2.32. The van der Waals surface area contributed by atoms with Crippen LogP contribution in [0, 0.1) is 0 Å². The van der Waals surface area contributed by atoms with Gasteiger partial charge in [-0.3, -0.25) is 9.89 Å². The molecule has 0 bridgehead atoms. The first-order chi connectivity index (χ1) is 11.1. The zero-order valence-corrected chi connectivity index (χ0v) is 13.5. The van der Waals surface area contributed by atoms with Crippen LogP contribution in [0.25, 0.3) is 10.7 Å². The van der Waals surface area contributed by atoms with E-state index in [2.05, 4.69) is 25.8 Å². The van der Waals surface area contributed by atoms with Crippen molar-refractivity contribution in [1.82, 2.24) is 25.4 Å². The minimum Gasteiger partial charge on any atom is -0.352 e. The number of H-pyrrole nitrogens is 1. The molecule has 0 radical (unpaired) electrons. The third kappa shape index (κ3) is 3.67. The molecule has 23 heavy (non-hydrogen) atoms. The van der Waals surface area contributed by atoms with E-state index in [0.29, 0.717) is 24.5 Å². The van der Waals surface area contributed by atoms with E-state index >= 15 is 0 Å². The normalized spacial score (nSPS) is 17.8. The maximum atomic E-state index is 12.5. The molecule has 3 amide bonds. The smallest absolute Gasteiger partial charge is 0.322 e. The minimum absolute atomic E-state index is 0.00906. The van der Waals surface area contributed by atoms with Crippen molar-refractivity contribution in [3.63, 3.8) is 0 Å². The van der Waals surface area contributed by atoms with Crippen molar-refractivity contribution in [3.05, 3.63) is 17.8 Å². The van der Waals surface area contributed by atoms with Crippen LogP contribution in [-0.4, -0.2) is 51.2 Å². The highest BCUT2D eigenvalue weighted by molar-refractivity contribution is 7.13. The summed E-state index contributed by atoms with van der Waals surface area (Å²) in [4.78, 5) is 29.6. The number of rotatable bonds is 3. The van der Waals surface area contributed by atoms with Gasteiger partial charge in [-0.1, -0.05) is 0 Å². The van der Waals surface area contributed by atoms with E-state index in [1.165, 1.54) is 18.3 Å². The first kappa shape index (κ1) is 15.5. The first-order valence-corrected chi connectivity index (χ1v) is 8.27. The lowest BCUT2D eigenvalue weighted by atomic mass is 10.1. The van der Waals surface area contributed by atoms with Crippen molar-refractivity contribution >= 4 is 29.0 Å². The van der Waals surface area contributed by atoms with Gasteiger partial charge in [-0.25, -0.2) is 9.78 Å². The van der Waals surface area contributed by atoms with Crippen molar-refractivity contribution in [1.29, 1.82) is 0 Å². The number of thiazole rings is 1. The van der Waals surface area contributed by atoms with Gasteiger partial charge in [0, 0.05) is 37.6 Å². The molecule has 3 N–H and O–H groups in total. The SMILES string of the molecule is CC(=O)NC1CCCN(C(=O)Nc2cn[nH]c2-c2nccs2)C1. The highest BCUT2D eigenvalue weighted by Gasteiger charge is 2.25. The zero-order chi connectivity index (χ0) is 16.2. The van der Waals surface area contributed by atoms with Crippen LogP contribution in [-0.2, 0) is 4.79 Å². The number of piperidine rings is 1. The highest BCUT2D eigenvalue weighted by atomic mass is 32.1. The number of aromatic nitrogens is 3. The zero-order valence-electron chi connectivity index (χ0n) is 12.7. The molecular weight excluding hydrogens is 316 g/mol. The van der Waals surface area contributed by atoms with E-state index < -0.39 is 0 Å². The molecule has 3 heterocycles. The van der Waals surface area contributed by atoms with Crippen molar-refractivity contribution in [2.75, 3.05) is 18.4 Å². The number of amides is 3. The van der Waals surface area contributed by atoms with E-state index in [4.69, 9.17) is 0 Å². The van der Waals surface area contributed by atoms with Crippen LogP contribution in [0.4, 0.5) is 10.5 Å². The van der Waals surface area contributed by atoms with Gasteiger partial charge in [0.25, 0.3) is 0 Å². The van der Waals surface area contributed by atoms with Gasteiger partial charge < -0.3 is 15.5 Å². The Bertz CT molecular complexity index is 683. The van der Waals surface area contributed by atoms with Crippen molar-refractivity contribution in [3.8, 4) is 10.7 Å². The first-order valence-electron chi connectivity index (χ1n) is 7.39. The summed E-state index contributed by atoms with van der Waals surface area (Å²) in [5, 5.41) is 15.2. The Balaban J connectivity index is 1.65. The molecule has 1 aliphatic heterocycles. The molecule has 2 aromatic heterocycles. The summed E-state index contributed by atoms with van der Waals surface area (Å²) >= 11 is 1.47. The Morgan fingerprint density at radius 3 is 3.09 bits per heavy atom. The summed E-state index contributed by atoms with van der Waals surface area (Å²) in [5.74, 6) is -0.0712. The molecule has 1 atom stereocenters. The summed E-state index contributed by atoms with van der Waals surface area (Å²) in [6.45, 7) is 2.67. The van der Waals surface area contributed by atoms with Crippen LogP contribution >= 0.6 is 11.3 Å². The lowest BCUT2D eigenvalue weighted by Crippen LogP contribution is -2.50. The largest absolute Gasteiger partial charge is 0.352 e. The maximum absolute atomic E-state index is 12.5. The van der Waals surface area contributed by atoms with Gasteiger partial charge in [-0.2, -0.15) is 5.10 Å². The van der Waals surface area contributed by atoms with Crippen molar-refractivity contribution < 1.29 is 9.59 Å². The minimum atomic E-state index is -0.195. The van der Waals surface area contributed by atoms with Crippen molar-refractivity contribution in [2.24, 2.45) is 0 Å². The summed E-state index contributed by atoms with van der Waals surface area (Å²) in [6.07, 6.45) is 5.03. The van der Waals surface area contributed by atoms with E-state index in [0.717, 1.165) is 17.8 Å². The van der Waals surface area contributed by atoms with Crippen LogP contribution in [0.1, 0.15) is 19.8 Å². The molecule has 1 aliphatic rings. The monoisotopic (exact) mass is 334 g/mol. The molecule has 0 aliphatic carbocycles. The third-order valence-electron chi connectivity index (χ3n) is 3.64. The lowest BCUT2D eigenvalue weighted by molar-refractivity contribution is -0.119. The van der Waals surface area contributed by atoms with Crippen LogP contribution in [0.3, 0.4) is 0 Å². The fourth-order valence-corrected chi connectivity index (χ4v) is 3.30. The van der Waals surface area contributed by atoms with Crippen LogP contribution in [0.15, 0.2) is 17.8 Å². The Morgan fingerprint density at radius 2 is 2.35 bits per heavy atom. The van der Waals surface area contributed by atoms with Gasteiger partial charge in [-0.05, 0) is 12.8 Å².